The number of aromatic nitrogens is 4. The van der Waals surface area contributed by atoms with Crippen molar-refractivity contribution in [1.82, 2.24) is 19.2 Å². The van der Waals surface area contributed by atoms with E-state index in [1.54, 1.807) is 8.97 Å². The number of carbonyl (C=O) groups excluding carboxylic acids is 1. The van der Waals surface area contributed by atoms with Gasteiger partial charge in [-0.2, -0.15) is 0 Å². The van der Waals surface area contributed by atoms with E-state index in [-0.39, 0.29) is 30.0 Å². The summed E-state index contributed by atoms with van der Waals surface area (Å²) in [6, 6.07) is 4.79. The molecule has 7 nitrogen and oxygen atoms in total. The first-order chi connectivity index (χ1) is 14.3. The molecule has 1 N–H and O–H groups in total. The summed E-state index contributed by atoms with van der Waals surface area (Å²) in [6.45, 7) is 4.52. The Morgan fingerprint density at radius 2 is 2.03 bits per heavy atom. The molecule has 3 aromatic heterocycles. The third kappa shape index (κ3) is 3.70. The Morgan fingerprint density at radius 3 is 2.77 bits per heavy atom. The van der Waals surface area contributed by atoms with Crippen LogP contribution in [0, 0.1) is 17.6 Å². The number of nitrogens with zero attached hydrogens (tertiary/aromatic N) is 4. The van der Waals surface area contributed by atoms with Crippen LogP contribution >= 0.6 is 11.3 Å². The molecule has 3 heterocycles. The lowest BCUT2D eigenvalue weighted by Crippen LogP contribution is -2.24. The molecule has 1 aromatic carbocycles. The first-order valence-electron chi connectivity index (χ1n) is 9.44. The van der Waals surface area contributed by atoms with Crippen molar-refractivity contribution in [3.63, 3.8) is 0 Å². The first-order valence-corrected chi connectivity index (χ1v) is 10.3. The van der Waals surface area contributed by atoms with Gasteiger partial charge in [0.05, 0.1) is 11.2 Å². The lowest BCUT2D eigenvalue weighted by Gasteiger charge is -2.11. The molecule has 4 aromatic rings. The van der Waals surface area contributed by atoms with Crippen LogP contribution in [0.5, 0.6) is 0 Å². The highest BCUT2D eigenvalue weighted by atomic mass is 32.1. The van der Waals surface area contributed by atoms with Crippen molar-refractivity contribution in [3.05, 3.63) is 57.5 Å². The van der Waals surface area contributed by atoms with Crippen LogP contribution in [0.2, 0.25) is 0 Å². The number of hydrogen-bond donors (Lipinski definition) is 1. The van der Waals surface area contributed by atoms with Crippen LogP contribution in [0.3, 0.4) is 0 Å². The molecular weight excluding hydrogens is 412 g/mol. The molecule has 1 amide bonds. The van der Waals surface area contributed by atoms with Gasteiger partial charge < -0.3 is 5.32 Å². The van der Waals surface area contributed by atoms with Crippen LogP contribution in [0.25, 0.3) is 16.0 Å². The average molecular weight is 431 g/mol. The second-order valence-corrected chi connectivity index (χ2v) is 8.28. The number of hydrogen-bond acceptors (Lipinski definition) is 5. The van der Waals surface area contributed by atoms with E-state index in [0.29, 0.717) is 34.4 Å². The van der Waals surface area contributed by atoms with Crippen molar-refractivity contribution in [2.75, 3.05) is 5.32 Å². The predicted molar refractivity (Wildman–Crippen MR) is 111 cm³/mol. The Balaban J connectivity index is 1.63. The van der Waals surface area contributed by atoms with Gasteiger partial charge in [0.1, 0.15) is 22.2 Å². The summed E-state index contributed by atoms with van der Waals surface area (Å²) in [5, 5.41) is 12.7. The number of rotatable bonds is 6. The van der Waals surface area contributed by atoms with Crippen molar-refractivity contribution < 1.29 is 13.6 Å². The van der Waals surface area contributed by atoms with Gasteiger partial charge in [-0.3, -0.25) is 18.6 Å². The van der Waals surface area contributed by atoms with E-state index in [0.717, 1.165) is 6.07 Å². The quantitative estimate of drug-likeness (QED) is 0.506. The van der Waals surface area contributed by atoms with Crippen molar-refractivity contribution in [2.24, 2.45) is 5.92 Å². The molecule has 0 fully saturated rings. The van der Waals surface area contributed by atoms with E-state index in [2.05, 4.69) is 15.5 Å². The summed E-state index contributed by atoms with van der Waals surface area (Å²) in [4.78, 5) is 25.1. The SMILES string of the molecule is CC(C)Cn1c(=O)c2sccc2n2c(CCC(=O)Nc3ccc(F)cc3F)nnc12. The molecule has 0 aliphatic heterocycles. The van der Waals surface area contributed by atoms with E-state index < -0.39 is 17.5 Å². The monoisotopic (exact) mass is 431 g/mol. The average Bonchev–Trinajstić information content (AvgIpc) is 3.32. The molecule has 0 spiro atoms. The lowest BCUT2D eigenvalue weighted by atomic mass is 10.2. The van der Waals surface area contributed by atoms with Gasteiger partial charge in [-0.05, 0) is 29.5 Å². The first kappa shape index (κ1) is 20.1. The Labute approximate surface area is 174 Å². The molecule has 10 heteroatoms. The van der Waals surface area contributed by atoms with Gasteiger partial charge in [-0.15, -0.1) is 21.5 Å². The standard InChI is InChI=1S/C20H19F2N5O2S/c1-11(2)10-26-19(29)18-15(7-8-30-18)27-16(24-25-20(26)27)5-6-17(28)23-14-4-3-12(21)9-13(14)22/h3-4,7-9,11H,5-6,10H2,1-2H3,(H,23,28). The molecule has 0 bridgehead atoms. The van der Waals surface area contributed by atoms with Gasteiger partial charge in [0.25, 0.3) is 5.56 Å². The third-order valence-electron chi connectivity index (χ3n) is 4.61. The number of amides is 1. The molecule has 0 aliphatic rings. The summed E-state index contributed by atoms with van der Waals surface area (Å²) in [6.07, 6.45) is 0.257. The van der Waals surface area contributed by atoms with Gasteiger partial charge >= 0.3 is 0 Å². The van der Waals surface area contributed by atoms with Gasteiger partial charge in [0, 0.05) is 25.5 Å². The molecule has 0 unspecified atom stereocenters. The summed E-state index contributed by atoms with van der Waals surface area (Å²) >= 11 is 1.35. The van der Waals surface area contributed by atoms with Crippen molar-refractivity contribution in [2.45, 2.75) is 33.2 Å². The highest BCUT2D eigenvalue weighted by molar-refractivity contribution is 7.17. The minimum Gasteiger partial charge on any atom is -0.324 e. The number of fused-ring (bicyclic) bond motifs is 3. The van der Waals surface area contributed by atoms with Crippen LogP contribution < -0.4 is 10.9 Å². The fourth-order valence-corrected chi connectivity index (χ4v) is 4.13. The minimum atomic E-state index is -0.839. The highest BCUT2D eigenvalue weighted by Crippen LogP contribution is 2.21. The van der Waals surface area contributed by atoms with Crippen LogP contribution in [0.4, 0.5) is 14.5 Å². The van der Waals surface area contributed by atoms with E-state index >= 15 is 0 Å². The van der Waals surface area contributed by atoms with Gasteiger partial charge in [-0.1, -0.05) is 13.8 Å². The Morgan fingerprint density at radius 1 is 1.23 bits per heavy atom. The third-order valence-corrected chi connectivity index (χ3v) is 5.50. The molecule has 0 aliphatic carbocycles. The van der Waals surface area contributed by atoms with Crippen molar-refractivity contribution in [3.8, 4) is 0 Å². The maximum atomic E-state index is 13.7. The molecular formula is C20H19F2N5O2S. The number of carbonyl (C=O) groups is 1. The summed E-state index contributed by atoms with van der Waals surface area (Å²) in [5.41, 5.74) is 0.508. The van der Waals surface area contributed by atoms with Crippen LogP contribution in [0.15, 0.2) is 34.4 Å². The zero-order valence-electron chi connectivity index (χ0n) is 16.4. The summed E-state index contributed by atoms with van der Waals surface area (Å²) < 4.78 is 30.8. The lowest BCUT2D eigenvalue weighted by molar-refractivity contribution is -0.116. The predicted octanol–water partition coefficient (Wildman–Crippen LogP) is 3.61. The zero-order chi connectivity index (χ0) is 21.4. The molecule has 0 radical (unpaired) electrons. The zero-order valence-corrected chi connectivity index (χ0v) is 17.2. The Bertz CT molecular complexity index is 1310. The smallest absolute Gasteiger partial charge is 0.272 e. The van der Waals surface area contributed by atoms with Gasteiger partial charge in [-0.25, -0.2) is 8.78 Å². The Hall–Kier alpha value is -3.14. The molecule has 4 rings (SSSR count). The van der Waals surface area contributed by atoms with E-state index in [4.69, 9.17) is 0 Å². The number of thiophene rings is 1. The minimum absolute atomic E-state index is 0.0204. The number of aryl methyl sites for hydroxylation is 1. The second-order valence-electron chi connectivity index (χ2n) is 7.37. The second kappa shape index (κ2) is 7.94. The van der Waals surface area contributed by atoms with Crippen LogP contribution in [-0.2, 0) is 17.8 Å². The summed E-state index contributed by atoms with van der Waals surface area (Å²) in [5.74, 6) is -0.795. The number of benzene rings is 1. The van der Waals surface area contributed by atoms with E-state index in [1.807, 2.05) is 25.3 Å². The molecule has 0 saturated carbocycles. The number of halogens is 2. The fourth-order valence-electron chi connectivity index (χ4n) is 3.30. The van der Waals surface area contributed by atoms with Crippen molar-refractivity contribution >= 4 is 38.9 Å². The largest absolute Gasteiger partial charge is 0.324 e. The number of anilines is 1. The molecule has 0 atom stereocenters. The Kier molecular flexibility index (Phi) is 5.33. The maximum Gasteiger partial charge on any atom is 0.272 e. The normalized spacial score (nSPS) is 11.6. The molecule has 30 heavy (non-hydrogen) atoms. The fraction of sp³-hybridized carbons (Fsp3) is 0.300. The molecule has 0 saturated heterocycles. The van der Waals surface area contributed by atoms with E-state index in [9.17, 15) is 18.4 Å². The van der Waals surface area contributed by atoms with Crippen LogP contribution in [0.1, 0.15) is 26.1 Å². The maximum absolute atomic E-state index is 13.7. The topological polar surface area (TPSA) is 81.3 Å². The van der Waals surface area contributed by atoms with Gasteiger partial charge in [0.15, 0.2) is 0 Å². The highest BCUT2D eigenvalue weighted by Gasteiger charge is 2.19. The number of nitrogens with one attached hydrogen (secondary N) is 1. The van der Waals surface area contributed by atoms with Crippen LogP contribution in [-0.4, -0.2) is 25.1 Å². The van der Waals surface area contributed by atoms with Gasteiger partial charge in [0.2, 0.25) is 11.7 Å². The van der Waals surface area contributed by atoms with E-state index in [1.165, 1.54) is 17.4 Å². The summed E-state index contributed by atoms with van der Waals surface area (Å²) in [7, 11) is 0. The molecule has 156 valence electrons. The van der Waals surface area contributed by atoms with Crippen molar-refractivity contribution in [1.29, 1.82) is 0 Å².